The van der Waals surface area contributed by atoms with Crippen LogP contribution in [0.25, 0.3) is 0 Å². The van der Waals surface area contributed by atoms with Gasteiger partial charge in [-0.1, -0.05) is 0 Å². The van der Waals surface area contributed by atoms with E-state index in [2.05, 4.69) is 10.2 Å². The molecule has 1 aliphatic heterocycles. The second-order valence-electron chi connectivity index (χ2n) is 4.02. The number of nitrogens with zero attached hydrogens (tertiary/aromatic N) is 3. The number of rotatable bonds is 3. The minimum absolute atomic E-state index is 0.00449. The Hall–Kier alpha value is -2.37. The van der Waals surface area contributed by atoms with E-state index in [4.69, 9.17) is 9.47 Å². The molecule has 0 aliphatic carbocycles. The van der Waals surface area contributed by atoms with Gasteiger partial charge in [0.1, 0.15) is 24.4 Å². The van der Waals surface area contributed by atoms with Crippen molar-refractivity contribution in [3.05, 3.63) is 35.9 Å². The number of benzene rings is 1. The Morgan fingerprint density at radius 1 is 1.50 bits per heavy atom. The van der Waals surface area contributed by atoms with Gasteiger partial charge in [-0.3, -0.25) is 4.79 Å². The fourth-order valence-electron chi connectivity index (χ4n) is 1.75. The zero-order valence-corrected chi connectivity index (χ0v) is 9.79. The molecule has 0 saturated carbocycles. The van der Waals surface area contributed by atoms with Gasteiger partial charge >= 0.3 is 0 Å². The van der Waals surface area contributed by atoms with Crippen molar-refractivity contribution in [3.63, 3.8) is 0 Å². The van der Waals surface area contributed by atoms with Gasteiger partial charge in [0.2, 0.25) is 5.78 Å². The molecule has 3 rings (SSSR count). The first-order valence-electron chi connectivity index (χ1n) is 5.50. The standard InChI is InChI=1S/C12H11N3O3/c1-15-7-13-14-12(15)6-17-8-2-3-9-10(16)5-18-11(9)4-8/h2-4,7H,5-6H2,1H3. The Bertz CT molecular complexity index is 606. The molecule has 6 heteroatoms. The number of hydrogen-bond acceptors (Lipinski definition) is 5. The maximum atomic E-state index is 11.4. The number of carbonyl (C=O) groups excluding carboxylic acids is 1. The van der Waals surface area contributed by atoms with E-state index in [0.717, 1.165) is 5.82 Å². The molecule has 0 unspecified atom stereocenters. The fraction of sp³-hybridized carbons (Fsp3) is 0.250. The molecule has 0 radical (unpaired) electrons. The molecule has 0 amide bonds. The highest BCUT2D eigenvalue weighted by Gasteiger charge is 2.21. The van der Waals surface area contributed by atoms with Crippen LogP contribution < -0.4 is 9.47 Å². The van der Waals surface area contributed by atoms with Gasteiger partial charge in [-0.25, -0.2) is 0 Å². The molecule has 0 atom stereocenters. The lowest BCUT2D eigenvalue weighted by Gasteiger charge is -2.06. The molecule has 1 aliphatic rings. The average Bonchev–Trinajstić information content (AvgIpc) is 2.94. The third-order valence-electron chi connectivity index (χ3n) is 2.79. The summed E-state index contributed by atoms with van der Waals surface area (Å²) >= 11 is 0. The number of Topliss-reactive ketones (excluding diaryl/α,β-unsaturated/α-hetero) is 1. The SMILES string of the molecule is Cn1cnnc1COc1ccc2c(c1)OCC2=O. The Kier molecular flexibility index (Phi) is 2.47. The van der Waals surface area contributed by atoms with Crippen molar-refractivity contribution in [1.29, 1.82) is 0 Å². The summed E-state index contributed by atoms with van der Waals surface area (Å²) < 4.78 is 12.6. The van der Waals surface area contributed by atoms with Gasteiger partial charge < -0.3 is 14.0 Å². The van der Waals surface area contributed by atoms with Crippen LogP contribution in [0.3, 0.4) is 0 Å². The van der Waals surface area contributed by atoms with Gasteiger partial charge in [-0.15, -0.1) is 10.2 Å². The van der Waals surface area contributed by atoms with Crippen LogP contribution in [-0.4, -0.2) is 27.2 Å². The minimum Gasteiger partial charge on any atom is -0.485 e. The van der Waals surface area contributed by atoms with E-state index in [-0.39, 0.29) is 12.4 Å². The summed E-state index contributed by atoms with van der Waals surface area (Å²) in [7, 11) is 1.85. The van der Waals surface area contributed by atoms with E-state index in [9.17, 15) is 4.79 Å². The summed E-state index contributed by atoms with van der Waals surface area (Å²) in [5.41, 5.74) is 0.612. The van der Waals surface area contributed by atoms with Crippen LogP contribution in [0.4, 0.5) is 0 Å². The Morgan fingerprint density at radius 2 is 2.39 bits per heavy atom. The smallest absolute Gasteiger partial charge is 0.203 e. The van der Waals surface area contributed by atoms with E-state index in [0.29, 0.717) is 23.7 Å². The molecule has 2 aromatic rings. The van der Waals surface area contributed by atoms with Crippen LogP contribution in [0.15, 0.2) is 24.5 Å². The number of aromatic nitrogens is 3. The van der Waals surface area contributed by atoms with Crippen molar-refractivity contribution in [2.75, 3.05) is 6.61 Å². The maximum absolute atomic E-state index is 11.4. The monoisotopic (exact) mass is 245 g/mol. The number of ketones is 1. The molecule has 1 aromatic heterocycles. The second-order valence-corrected chi connectivity index (χ2v) is 4.02. The predicted octanol–water partition coefficient (Wildman–Crippen LogP) is 0.969. The van der Waals surface area contributed by atoms with E-state index in [1.807, 2.05) is 7.05 Å². The van der Waals surface area contributed by atoms with Crippen molar-refractivity contribution >= 4 is 5.78 Å². The van der Waals surface area contributed by atoms with Crippen LogP contribution >= 0.6 is 0 Å². The van der Waals surface area contributed by atoms with Gasteiger partial charge in [-0.05, 0) is 12.1 Å². The van der Waals surface area contributed by atoms with Crippen molar-refractivity contribution in [3.8, 4) is 11.5 Å². The van der Waals surface area contributed by atoms with Crippen LogP contribution in [-0.2, 0) is 13.7 Å². The molecule has 1 aromatic carbocycles. The molecule has 92 valence electrons. The quantitative estimate of drug-likeness (QED) is 0.806. The molecule has 0 N–H and O–H groups in total. The fourth-order valence-corrected chi connectivity index (χ4v) is 1.75. The summed E-state index contributed by atoms with van der Waals surface area (Å²) in [6, 6.07) is 5.19. The molecule has 6 nitrogen and oxygen atoms in total. The van der Waals surface area contributed by atoms with Gasteiger partial charge in [0, 0.05) is 13.1 Å². The first-order chi connectivity index (χ1) is 8.74. The van der Waals surface area contributed by atoms with Gasteiger partial charge in [0.25, 0.3) is 0 Å². The number of hydrogen-bond donors (Lipinski definition) is 0. The van der Waals surface area contributed by atoms with Crippen LogP contribution in [0.1, 0.15) is 16.2 Å². The first-order valence-corrected chi connectivity index (χ1v) is 5.50. The first kappa shape index (κ1) is 10.8. The topological polar surface area (TPSA) is 66.2 Å². The Balaban J connectivity index is 1.75. The largest absolute Gasteiger partial charge is 0.485 e. The van der Waals surface area contributed by atoms with Crippen molar-refractivity contribution in [2.45, 2.75) is 6.61 Å². The molecule has 0 fully saturated rings. The average molecular weight is 245 g/mol. The molecule has 0 spiro atoms. The Morgan fingerprint density at radius 3 is 3.17 bits per heavy atom. The number of aryl methyl sites for hydroxylation is 1. The van der Waals surface area contributed by atoms with Crippen molar-refractivity contribution < 1.29 is 14.3 Å². The van der Waals surface area contributed by atoms with E-state index in [1.54, 1.807) is 29.1 Å². The normalized spacial score (nSPS) is 13.3. The number of ether oxygens (including phenoxy) is 2. The second kappa shape index (κ2) is 4.14. The van der Waals surface area contributed by atoms with Gasteiger partial charge in [0.05, 0.1) is 5.56 Å². The highest BCUT2D eigenvalue weighted by atomic mass is 16.5. The molecule has 2 heterocycles. The highest BCUT2D eigenvalue weighted by molar-refractivity contribution is 6.02. The third kappa shape index (κ3) is 1.81. The summed E-state index contributed by atoms with van der Waals surface area (Å²) in [4.78, 5) is 11.4. The lowest BCUT2D eigenvalue weighted by atomic mass is 10.1. The van der Waals surface area contributed by atoms with Crippen LogP contribution in [0, 0.1) is 0 Å². The van der Waals surface area contributed by atoms with E-state index < -0.39 is 0 Å². The van der Waals surface area contributed by atoms with Crippen molar-refractivity contribution in [1.82, 2.24) is 14.8 Å². The summed E-state index contributed by atoms with van der Waals surface area (Å²) in [5, 5.41) is 7.68. The molecular formula is C12H11N3O3. The van der Waals surface area contributed by atoms with E-state index in [1.165, 1.54) is 0 Å². The molecule has 18 heavy (non-hydrogen) atoms. The van der Waals surface area contributed by atoms with Gasteiger partial charge in [-0.2, -0.15) is 0 Å². The lowest BCUT2D eigenvalue weighted by molar-refractivity contribution is 0.0961. The Labute approximate surface area is 103 Å². The highest BCUT2D eigenvalue weighted by Crippen LogP contribution is 2.29. The zero-order valence-electron chi connectivity index (χ0n) is 9.79. The van der Waals surface area contributed by atoms with Crippen LogP contribution in [0.5, 0.6) is 11.5 Å². The van der Waals surface area contributed by atoms with Gasteiger partial charge in [0.15, 0.2) is 12.4 Å². The minimum atomic E-state index is 0.00449. The predicted molar refractivity (Wildman–Crippen MR) is 61.6 cm³/mol. The summed E-state index contributed by atoms with van der Waals surface area (Å²) in [6.07, 6.45) is 1.61. The summed E-state index contributed by atoms with van der Waals surface area (Å²) in [5.74, 6) is 1.96. The zero-order chi connectivity index (χ0) is 12.5. The van der Waals surface area contributed by atoms with Crippen LogP contribution in [0.2, 0.25) is 0 Å². The summed E-state index contributed by atoms with van der Waals surface area (Å²) in [6.45, 7) is 0.436. The number of carbonyl (C=O) groups is 1. The molecular weight excluding hydrogens is 234 g/mol. The molecule has 0 bridgehead atoms. The van der Waals surface area contributed by atoms with Crippen molar-refractivity contribution in [2.24, 2.45) is 7.05 Å². The number of fused-ring (bicyclic) bond motifs is 1. The lowest BCUT2D eigenvalue weighted by Crippen LogP contribution is -2.03. The maximum Gasteiger partial charge on any atom is 0.203 e. The van der Waals surface area contributed by atoms with E-state index >= 15 is 0 Å². The molecule has 0 saturated heterocycles. The third-order valence-corrected chi connectivity index (χ3v) is 2.79.